The molecule has 1 aliphatic rings. The van der Waals surface area contributed by atoms with E-state index in [-0.39, 0.29) is 30.2 Å². The van der Waals surface area contributed by atoms with Gasteiger partial charge in [-0.1, -0.05) is 18.2 Å². The molecule has 0 saturated heterocycles. The van der Waals surface area contributed by atoms with Gasteiger partial charge in [0.25, 0.3) is 11.8 Å². The van der Waals surface area contributed by atoms with E-state index >= 15 is 0 Å². The fraction of sp³-hybridized carbons (Fsp3) is 0.375. The van der Waals surface area contributed by atoms with Gasteiger partial charge in [0.05, 0.1) is 0 Å². The maximum Gasteiger partial charge on any atom is 0.260 e. The number of amides is 3. The summed E-state index contributed by atoms with van der Waals surface area (Å²) in [6.45, 7) is 2.80. The number of carbonyl (C=O) groups excluding carboxylic acids is 3. The molecule has 31 heavy (non-hydrogen) atoms. The molecule has 2 aromatic rings. The standard InChI is InChI=1S/C24H29N3O4/c1-4-27(15-17-8-10-19(11-9-17)24(30)26(2)3)22(28)16-31-21-7-5-6-20(14-21)25-23(29)18-12-13-18/h5-11,14,18H,4,12-13,15-16H2,1-3H3,(H,25,29). The summed E-state index contributed by atoms with van der Waals surface area (Å²) in [4.78, 5) is 39.8. The molecule has 164 valence electrons. The van der Waals surface area contributed by atoms with E-state index in [0.717, 1.165) is 18.4 Å². The van der Waals surface area contributed by atoms with Crippen molar-refractivity contribution in [2.45, 2.75) is 26.3 Å². The molecule has 0 heterocycles. The average Bonchev–Trinajstić information content (AvgIpc) is 3.61. The van der Waals surface area contributed by atoms with Crippen molar-refractivity contribution in [3.63, 3.8) is 0 Å². The Balaban J connectivity index is 1.54. The minimum Gasteiger partial charge on any atom is -0.484 e. The third kappa shape index (κ3) is 6.31. The van der Waals surface area contributed by atoms with Crippen LogP contribution in [-0.2, 0) is 16.1 Å². The zero-order valence-electron chi connectivity index (χ0n) is 18.3. The first-order valence-corrected chi connectivity index (χ1v) is 10.5. The van der Waals surface area contributed by atoms with E-state index in [1.165, 1.54) is 4.90 Å². The van der Waals surface area contributed by atoms with Gasteiger partial charge < -0.3 is 19.9 Å². The highest BCUT2D eigenvalue weighted by molar-refractivity contribution is 5.94. The van der Waals surface area contributed by atoms with Crippen molar-refractivity contribution in [3.05, 3.63) is 59.7 Å². The van der Waals surface area contributed by atoms with Crippen molar-refractivity contribution in [2.75, 3.05) is 32.6 Å². The third-order valence-corrected chi connectivity index (χ3v) is 5.13. The van der Waals surface area contributed by atoms with Gasteiger partial charge in [-0.2, -0.15) is 0 Å². The molecule has 1 aliphatic carbocycles. The van der Waals surface area contributed by atoms with E-state index in [4.69, 9.17) is 4.74 Å². The summed E-state index contributed by atoms with van der Waals surface area (Å²) in [5.74, 6) is 0.495. The lowest BCUT2D eigenvalue weighted by Gasteiger charge is -2.21. The van der Waals surface area contributed by atoms with E-state index < -0.39 is 0 Å². The summed E-state index contributed by atoms with van der Waals surface area (Å²) < 4.78 is 5.67. The molecular formula is C24H29N3O4. The van der Waals surface area contributed by atoms with Gasteiger partial charge in [0.15, 0.2) is 6.61 Å². The van der Waals surface area contributed by atoms with Gasteiger partial charge in [-0.05, 0) is 49.6 Å². The maximum absolute atomic E-state index is 12.6. The Bertz CT molecular complexity index is 936. The lowest BCUT2D eigenvalue weighted by atomic mass is 10.1. The number of carbonyl (C=O) groups is 3. The highest BCUT2D eigenvalue weighted by Crippen LogP contribution is 2.30. The van der Waals surface area contributed by atoms with Crippen molar-refractivity contribution in [2.24, 2.45) is 5.92 Å². The Kier molecular flexibility index (Phi) is 7.28. The normalized spacial score (nSPS) is 12.7. The Morgan fingerprint density at radius 2 is 1.77 bits per heavy atom. The average molecular weight is 424 g/mol. The molecule has 0 aromatic heterocycles. The minimum absolute atomic E-state index is 0.0312. The topological polar surface area (TPSA) is 79.0 Å². The predicted molar refractivity (Wildman–Crippen MR) is 119 cm³/mol. The van der Waals surface area contributed by atoms with E-state index in [1.807, 2.05) is 19.1 Å². The molecular weight excluding hydrogens is 394 g/mol. The largest absolute Gasteiger partial charge is 0.484 e. The van der Waals surface area contributed by atoms with Crippen molar-refractivity contribution in [1.82, 2.24) is 9.80 Å². The number of nitrogens with zero attached hydrogens (tertiary/aromatic N) is 2. The number of nitrogens with one attached hydrogen (secondary N) is 1. The molecule has 3 amide bonds. The van der Waals surface area contributed by atoms with Gasteiger partial charge in [0.1, 0.15) is 5.75 Å². The van der Waals surface area contributed by atoms with Crippen molar-refractivity contribution >= 4 is 23.4 Å². The summed E-state index contributed by atoms with van der Waals surface area (Å²) >= 11 is 0. The number of benzene rings is 2. The van der Waals surface area contributed by atoms with Crippen molar-refractivity contribution in [1.29, 1.82) is 0 Å². The predicted octanol–water partition coefficient (Wildman–Crippen LogP) is 3.16. The quantitative estimate of drug-likeness (QED) is 0.672. The second kappa shape index (κ2) is 10.1. The molecule has 1 saturated carbocycles. The van der Waals surface area contributed by atoms with Crippen molar-refractivity contribution < 1.29 is 19.1 Å². The number of hydrogen-bond donors (Lipinski definition) is 1. The van der Waals surface area contributed by atoms with Crippen LogP contribution in [0.2, 0.25) is 0 Å². The van der Waals surface area contributed by atoms with Gasteiger partial charge in [0.2, 0.25) is 5.91 Å². The minimum atomic E-state index is -0.136. The highest BCUT2D eigenvalue weighted by Gasteiger charge is 2.29. The zero-order chi connectivity index (χ0) is 22.4. The molecule has 0 spiro atoms. The third-order valence-electron chi connectivity index (χ3n) is 5.13. The van der Waals surface area contributed by atoms with E-state index in [2.05, 4.69) is 5.32 Å². The summed E-state index contributed by atoms with van der Waals surface area (Å²) in [6.07, 6.45) is 1.89. The fourth-order valence-corrected chi connectivity index (χ4v) is 3.10. The second-order valence-corrected chi connectivity index (χ2v) is 7.88. The monoisotopic (exact) mass is 423 g/mol. The first-order chi connectivity index (χ1) is 14.9. The van der Waals surface area contributed by atoms with Crippen LogP contribution in [0.5, 0.6) is 5.75 Å². The number of likely N-dealkylation sites (N-methyl/N-ethyl adjacent to an activating group) is 1. The summed E-state index contributed by atoms with van der Waals surface area (Å²) in [7, 11) is 3.43. The van der Waals surface area contributed by atoms with Gasteiger partial charge in [-0.15, -0.1) is 0 Å². The molecule has 2 aromatic carbocycles. The zero-order valence-corrected chi connectivity index (χ0v) is 18.3. The smallest absolute Gasteiger partial charge is 0.260 e. The van der Waals surface area contributed by atoms with Crippen LogP contribution in [-0.4, -0.2) is 54.8 Å². The fourth-order valence-electron chi connectivity index (χ4n) is 3.10. The Morgan fingerprint density at radius 1 is 1.06 bits per heavy atom. The maximum atomic E-state index is 12.6. The molecule has 0 radical (unpaired) electrons. The second-order valence-electron chi connectivity index (χ2n) is 7.88. The highest BCUT2D eigenvalue weighted by atomic mass is 16.5. The lowest BCUT2D eigenvalue weighted by Crippen LogP contribution is -2.34. The van der Waals surface area contributed by atoms with Crippen molar-refractivity contribution in [3.8, 4) is 5.75 Å². The first-order valence-electron chi connectivity index (χ1n) is 10.5. The molecule has 3 rings (SSSR count). The van der Waals surface area contributed by atoms with Crippen LogP contribution in [0.15, 0.2) is 48.5 Å². The molecule has 0 unspecified atom stereocenters. The molecule has 7 heteroatoms. The number of ether oxygens (including phenoxy) is 1. The van der Waals surface area contributed by atoms with Crippen LogP contribution < -0.4 is 10.1 Å². The molecule has 0 aliphatic heterocycles. The summed E-state index contributed by atoms with van der Waals surface area (Å²) in [5.41, 5.74) is 2.22. The van der Waals surface area contributed by atoms with Crippen LogP contribution in [0.25, 0.3) is 0 Å². The van der Waals surface area contributed by atoms with Crippen LogP contribution in [0.4, 0.5) is 5.69 Å². The van der Waals surface area contributed by atoms with Crippen LogP contribution in [0.3, 0.4) is 0 Å². The molecule has 1 N–H and O–H groups in total. The Labute approximate surface area is 183 Å². The van der Waals surface area contributed by atoms with E-state index in [0.29, 0.717) is 30.1 Å². The number of rotatable bonds is 9. The molecule has 0 atom stereocenters. The van der Waals surface area contributed by atoms with E-state index in [9.17, 15) is 14.4 Å². The Hall–Kier alpha value is -3.35. The molecule has 7 nitrogen and oxygen atoms in total. The molecule has 0 bridgehead atoms. The lowest BCUT2D eigenvalue weighted by molar-refractivity contribution is -0.133. The van der Waals surface area contributed by atoms with E-state index in [1.54, 1.807) is 55.4 Å². The van der Waals surface area contributed by atoms with Crippen LogP contribution >= 0.6 is 0 Å². The van der Waals surface area contributed by atoms with Gasteiger partial charge >= 0.3 is 0 Å². The SMILES string of the molecule is CCN(Cc1ccc(C(=O)N(C)C)cc1)C(=O)COc1cccc(NC(=O)C2CC2)c1. The first kappa shape index (κ1) is 22.3. The molecule has 1 fully saturated rings. The number of anilines is 1. The van der Waals surface area contributed by atoms with Gasteiger partial charge in [-0.25, -0.2) is 0 Å². The number of hydrogen-bond acceptors (Lipinski definition) is 4. The summed E-state index contributed by atoms with van der Waals surface area (Å²) in [5, 5.41) is 2.88. The van der Waals surface area contributed by atoms with Crippen LogP contribution in [0, 0.1) is 5.92 Å². The summed E-state index contributed by atoms with van der Waals surface area (Å²) in [6, 6.07) is 14.3. The Morgan fingerprint density at radius 3 is 2.39 bits per heavy atom. The van der Waals surface area contributed by atoms with Crippen LogP contribution in [0.1, 0.15) is 35.7 Å². The van der Waals surface area contributed by atoms with Gasteiger partial charge in [0, 0.05) is 50.4 Å². The van der Waals surface area contributed by atoms with Gasteiger partial charge in [-0.3, -0.25) is 14.4 Å².